The second-order valence-corrected chi connectivity index (χ2v) is 5.47. The average Bonchev–Trinajstić information content (AvgIpc) is 2.46. The molecule has 0 saturated heterocycles. The van der Waals surface area contributed by atoms with Gasteiger partial charge in [0.1, 0.15) is 0 Å². The number of aliphatic carboxylic acids is 2. The Morgan fingerprint density at radius 2 is 0.864 bits per heavy atom. The molecule has 0 spiro atoms. The topological polar surface area (TPSA) is 93.1 Å². The summed E-state index contributed by atoms with van der Waals surface area (Å²) in [5.41, 5.74) is 0. The van der Waals surface area contributed by atoms with Gasteiger partial charge in [-0.05, 0) is 25.7 Å². The molecule has 0 bridgehead atoms. The fourth-order valence-electron chi connectivity index (χ4n) is 2.05. The Labute approximate surface area is 132 Å². The summed E-state index contributed by atoms with van der Waals surface area (Å²) in [5.74, 6) is -1.45. The van der Waals surface area contributed by atoms with Crippen molar-refractivity contribution in [1.82, 2.24) is 0 Å². The molecule has 0 fully saturated rings. The summed E-state index contributed by atoms with van der Waals surface area (Å²) >= 11 is 0. The van der Waals surface area contributed by atoms with E-state index in [0.29, 0.717) is 13.2 Å². The molecule has 0 aromatic heterocycles. The Morgan fingerprint density at radius 1 is 0.545 bits per heavy atom. The Morgan fingerprint density at radius 3 is 1.23 bits per heavy atom. The summed E-state index contributed by atoms with van der Waals surface area (Å²) < 4.78 is 0. The molecule has 0 saturated carbocycles. The predicted molar refractivity (Wildman–Crippen MR) is 82.6 cm³/mol. The zero-order chi connectivity index (χ0) is 16.5. The maximum Gasteiger partial charge on any atom is 0.303 e. The van der Waals surface area contributed by atoms with E-state index >= 15 is 0 Å². The van der Waals surface area contributed by atoms with E-state index in [9.17, 15) is 9.59 Å². The molecule has 0 aromatic rings. The first-order valence-corrected chi connectivity index (χ1v) is 8.31. The highest BCUT2D eigenvalue weighted by Gasteiger charge is 1.98. The third-order valence-corrected chi connectivity index (χ3v) is 3.32. The van der Waals surface area contributed by atoms with Crippen molar-refractivity contribution in [2.24, 2.45) is 0 Å². The predicted octanol–water partition coefficient (Wildman–Crippen LogP) is 3.79. The highest BCUT2D eigenvalue weighted by atomic mass is 17.2. The van der Waals surface area contributed by atoms with Gasteiger partial charge in [0.2, 0.25) is 0 Å². The minimum atomic E-state index is -0.724. The van der Waals surface area contributed by atoms with Crippen LogP contribution in [0.1, 0.15) is 77.0 Å². The maximum atomic E-state index is 10.3. The Kier molecular flexibility index (Phi) is 15.4. The lowest BCUT2D eigenvalue weighted by atomic mass is 10.1. The molecule has 0 radical (unpaired) electrons. The van der Waals surface area contributed by atoms with Crippen LogP contribution in [0.4, 0.5) is 0 Å². The van der Waals surface area contributed by atoms with E-state index in [1.165, 1.54) is 0 Å². The molecule has 0 amide bonds. The molecular weight excluding hydrogens is 288 g/mol. The molecule has 0 aliphatic rings. The standard InChI is InChI=1S/C16H30O6/c17-15(18)11-7-3-1-5-9-13-21-22-14-10-6-2-4-8-12-16(19)20/h1-14H2,(H,17,18)(H,19,20). The largest absolute Gasteiger partial charge is 0.481 e. The molecule has 0 atom stereocenters. The number of hydrogen-bond acceptors (Lipinski definition) is 4. The van der Waals surface area contributed by atoms with Crippen LogP contribution in [-0.2, 0) is 19.4 Å². The van der Waals surface area contributed by atoms with Crippen LogP contribution in [0, 0.1) is 0 Å². The minimum Gasteiger partial charge on any atom is -0.481 e. The smallest absolute Gasteiger partial charge is 0.303 e. The van der Waals surface area contributed by atoms with E-state index in [1.807, 2.05) is 0 Å². The van der Waals surface area contributed by atoms with Crippen molar-refractivity contribution >= 4 is 11.9 Å². The molecule has 0 unspecified atom stereocenters. The second kappa shape index (κ2) is 16.2. The molecular formula is C16H30O6. The van der Waals surface area contributed by atoms with Crippen LogP contribution in [0.25, 0.3) is 0 Å². The van der Waals surface area contributed by atoms with Crippen molar-refractivity contribution in [1.29, 1.82) is 0 Å². The highest BCUT2D eigenvalue weighted by molar-refractivity contribution is 5.66. The number of carboxylic acids is 2. The normalized spacial score (nSPS) is 10.7. The second-order valence-electron chi connectivity index (χ2n) is 5.47. The summed E-state index contributed by atoms with van der Waals surface area (Å²) in [6.07, 6.45) is 9.93. The van der Waals surface area contributed by atoms with Gasteiger partial charge in [-0.1, -0.05) is 38.5 Å². The van der Waals surface area contributed by atoms with Gasteiger partial charge in [-0.2, -0.15) is 0 Å². The van der Waals surface area contributed by atoms with E-state index in [0.717, 1.165) is 64.2 Å². The number of rotatable bonds is 17. The van der Waals surface area contributed by atoms with Crippen LogP contribution >= 0.6 is 0 Å². The van der Waals surface area contributed by atoms with E-state index in [-0.39, 0.29) is 12.8 Å². The van der Waals surface area contributed by atoms with Gasteiger partial charge in [0, 0.05) is 12.8 Å². The van der Waals surface area contributed by atoms with Crippen LogP contribution < -0.4 is 0 Å². The van der Waals surface area contributed by atoms with Crippen LogP contribution in [0.3, 0.4) is 0 Å². The molecule has 6 heteroatoms. The summed E-state index contributed by atoms with van der Waals surface area (Å²) in [6, 6.07) is 0. The first-order chi connectivity index (χ1) is 10.6. The SMILES string of the molecule is O=C(O)CCCCCCCOOCCCCCCCC(=O)O. The first-order valence-electron chi connectivity index (χ1n) is 8.31. The fraction of sp³-hybridized carbons (Fsp3) is 0.875. The zero-order valence-electron chi connectivity index (χ0n) is 13.4. The molecule has 2 N–H and O–H groups in total. The van der Waals surface area contributed by atoms with Crippen molar-refractivity contribution in [3.8, 4) is 0 Å². The molecule has 0 rings (SSSR count). The Balaban J connectivity index is 2.99. The monoisotopic (exact) mass is 318 g/mol. The molecule has 6 nitrogen and oxygen atoms in total. The van der Waals surface area contributed by atoms with Crippen molar-refractivity contribution in [3.05, 3.63) is 0 Å². The number of hydrogen-bond donors (Lipinski definition) is 2. The van der Waals surface area contributed by atoms with Crippen molar-refractivity contribution in [2.45, 2.75) is 77.0 Å². The molecule has 0 aliphatic carbocycles. The minimum absolute atomic E-state index is 0.260. The fourth-order valence-corrected chi connectivity index (χ4v) is 2.05. The van der Waals surface area contributed by atoms with Crippen molar-refractivity contribution in [2.75, 3.05) is 13.2 Å². The van der Waals surface area contributed by atoms with Crippen LogP contribution in [-0.4, -0.2) is 35.4 Å². The number of carbonyl (C=O) groups is 2. The van der Waals surface area contributed by atoms with Crippen LogP contribution in [0.2, 0.25) is 0 Å². The van der Waals surface area contributed by atoms with E-state index in [2.05, 4.69) is 0 Å². The Hall–Kier alpha value is -1.14. The van der Waals surface area contributed by atoms with Crippen LogP contribution in [0.5, 0.6) is 0 Å². The number of carboxylic acid groups (broad SMARTS) is 2. The van der Waals surface area contributed by atoms with Gasteiger partial charge < -0.3 is 10.2 Å². The lowest BCUT2D eigenvalue weighted by Gasteiger charge is -2.04. The summed E-state index contributed by atoms with van der Waals surface area (Å²) in [5, 5.41) is 17.0. The molecule has 0 heterocycles. The van der Waals surface area contributed by atoms with Gasteiger partial charge in [-0.15, -0.1) is 0 Å². The third kappa shape index (κ3) is 18.9. The quantitative estimate of drug-likeness (QED) is 0.241. The Bertz CT molecular complexity index is 252. The summed E-state index contributed by atoms with van der Waals surface area (Å²) in [6.45, 7) is 1.16. The van der Waals surface area contributed by atoms with Crippen molar-refractivity contribution in [3.63, 3.8) is 0 Å². The van der Waals surface area contributed by atoms with Gasteiger partial charge in [0.05, 0.1) is 13.2 Å². The lowest BCUT2D eigenvalue weighted by Crippen LogP contribution is -1.99. The zero-order valence-corrected chi connectivity index (χ0v) is 13.4. The van der Waals surface area contributed by atoms with Gasteiger partial charge in [0.15, 0.2) is 0 Å². The first kappa shape index (κ1) is 20.9. The molecule has 0 aromatic carbocycles. The average molecular weight is 318 g/mol. The van der Waals surface area contributed by atoms with Gasteiger partial charge in [-0.3, -0.25) is 9.59 Å². The van der Waals surface area contributed by atoms with E-state index in [4.69, 9.17) is 20.0 Å². The molecule has 0 aliphatic heterocycles. The van der Waals surface area contributed by atoms with Gasteiger partial charge >= 0.3 is 11.9 Å². The third-order valence-electron chi connectivity index (χ3n) is 3.32. The van der Waals surface area contributed by atoms with Crippen molar-refractivity contribution < 1.29 is 29.6 Å². The lowest BCUT2D eigenvalue weighted by molar-refractivity contribution is -0.295. The molecule has 130 valence electrons. The molecule has 22 heavy (non-hydrogen) atoms. The van der Waals surface area contributed by atoms with Gasteiger partial charge in [0.25, 0.3) is 0 Å². The summed E-state index contributed by atoms with van der Waals surface area (Å²) in [7, 11) is 0. The maximum absolute atomic E-state index is 10.3. The van der Waals surface area contributed by atoms with E-state index in [1.54, 1.807) is 0 Å². The van der Waals surface area contributed by atoms with Gasteiger partial charge in [-0.25, -0.2) is 9.78 Å². The highest BCUT2D eigenvalue weighted by Crippen LogP contribution is 2.07. The van der Waals surface area contributed by atoms with Crippen LogP contribution in [0.15, 0.2) is 0 Å². The van der Waals surface area contributed by atoms with E-state index < -0.39 is 11.9 Å². The number of unbranched alkanes of at least 4 members (excludes halogenated alkanes) is 8. The summed E-state index contributed by atoms with van der Waals surface area (Å²) in [4.78, 5) is 30.7.